The van der Waals surface area contributed by atoms with Crippen LogP contribution in [0.15, 0.2) is 0 Å². The summed E-state index contributed by atoms with van der Waals surface area (Å²) in [5.41, 5.74) is 1.18. The van der Waals surface area contributed by atoms with Crippen LogP contribution in [0.3, 0.4) is 0 Å². The third-order valence-corrected chi connectivity index (χ3v) is 4.62. The predicted molar refractivity (Wildman–Crippen MR) is 63.4 cm³/mol. The van der Waals surface area contributed by atoms with Gasteiger partial charge in [-0.05, 0) is 42.3 Å². The third kappa shape index (κ3) is 2.43. The van der Waals surface area contributed by atoms with E-state index in [9.17, 15) is 0 Å². The van der Waals surface area contributed by atoms with Crippen molar-refractivity contribution in [3.63, 3.8) is 0 Å². The van der Waals surface area contributed by atoms with Gasteiger partial charge in [0.05, 0.1) is 0 Å². The summed E-state index contributed by atoms with van der Waals surface area (Å²) in [6, 6.07) is 0. The molecular formula is C12H24S. The van der Waals surface area contributed by atoms with E-state index < -0.39 is 0 Å². The van der Waals surface area contributed by atoms with Crippen molar-refractivity contribution < 1.29 is 0 Å². The Labute approximate surface area is 88.9 Å². The predicted octanol–water partition coefficient (Wildman–Crippen LogP) is 4.30. The standard InChI is InChI=1S/C12H24S/c1-11(2)7-6-9-12(11,3)8-4-5-10-13/h13H,4-10H2,1-3H3/t12-/m1/s1. The molecule has 1 saturated carbocycles. The lowest BCUT2D eigenvalue weighted by Crippen LogP contribution is -2.29. The molecule has 13 heavy (non-hydrogen) atoms. The molecule has 0 radical (unpaired) electrons. The summed E-state index contributed by atoms with van der Waals surface area (Å²) in [5, 5.41) is 0. The molecule has 0 heterocycles. The fraction of sp³-hybridized carbons (Fsp3) is 1.00. The van der Waals surface area contributed by atoms with Crippen LogP contribution in [0.4, 0.5) is 0 Å². The maximum absolute atomic E-state index is 4.27. The van der Waals surface area contributed by atoms with Gasteiger partial charge in [-0.25, -0.2) is 0 Å². The van der Waals surface area contributed by atoms with Gasteiger partial charge >= 0.3 is 0 Å². The van der Waals surface area contributed by atoms with E-state index in [1.807, 2.05) is 0 Å². The summed E-state index contributed by atoms with van der Waals surface area (Å²) in [6.07, 6.45) is 8.35. The molecule has 0 N–H and O–H groups in total. The lowest BCUT2D eigenvalue weighted by Gasteiger charge is -2.38. The van der Waals surface area contributed by atoms with Crippen molar-refractivity contribution in [2.45, 2.75) is 59.3 Å². The van der Waals surface area contributed by atoms with E-state index in [0.29, 0.717) is 10.8 Å². The van der Waals surface area contributed by atoms with Crippen molar-refractivity contribution in [1.82, 2.24) is 0 Å². The Balaban J connectivity index is 2.45. The Morgan fingerprint density at radius 3 is 2.23 bits per heavy atom. The minimum atomic E-state index is 0.573. The van der Waals surface area contributed by atoms with Crippen molar-refractivity contribution in [3.8, 4) is 0 Å². The van der Waals surface area contributed by atoms with Crippen LogP contribution in [0.25, 0.3) is 0 Å². The summed E-state index contributed by atoms with van der Waals surface area (Å²) in [5.74, 6) is 1.05. The second-order valence-corrected chi connectivity index (χ2v) is 5.93. The van der Waals surface area contributed by atoms with Crippen molar-refractivity contribution in [2.24, 2.45) is 10.8 Å². The van der Waals surface area contributed by atoms with E-state index in [-0.39, 0.29) is 0 Å². The second kappa shape index (κ2) is 4.25. The SMILES string of the molecule is CC1(C)CCC[C@@]1(C)CCCCS. The maximum Gasteiger partial charge on any atom is -0.00979 e. The highest BCUT2D eigenvalue weighted by molar-refractivity contribution is 7.80. The number of hydrogen-bond donors (Lipinski definition) is 1. The van der Waals surface area contributed by atoms with E-state index >= 15 is 0 Å². The van der Waals surface area contributed by atoms with Gasteiger partial charge in [0.25, 0.3) is 0 Å². The molecule has 1 fully saturated rings. The molecule has 78 valence electrons. The van der Waals surface area contributed by atoms with Crippen LogP contribution < -0.4 is 0 Å². The van der Waals surface area contributed by atoms with Crippen LogP contribution in [0.1, 0.15) is 59.3 Å². The zero-order valence-corrected chi connectivity index (χ0v) is 10.3. The Kier molecular flexibility index (Phi) is 3.73. The van der Waals surface area contributed by atoms with Crippen molar-refractivity contribution in [1.29, 1.82) is 0 Å². The van der Waals surface area contributed by atoms with Crippen LogP contribution in [0, 0.1) is 10.8 Å². The Morgan fingerprint density at radius 2 is 1.77 bits per heavy atom. The van der Waals surface area contributed by atoms with Crippen LogP contribution >= 0.6 is 12.6 Å². The fourth-order valence-electron chi connectivity index (χ4n) is 2.65. The average molecular weight is 200 g/mol. The van der Waals surface area contributed by atoms with Crippen molar-refractivity contribution in [2.75, 3.05) is 5.75 Å². The molecule has 0 saturated heterocycles. The summed E-state index contributed by atoms with van der Waals surface area (Å²) in [4.78, 5) is 0. The summed E-state index contributed by atoms with van der Waals surface area (Å²) < 4.78 is 0. The normalized spacial score (nSPS) is 32.3. The quantitative estimate of drug-likeness (QED) is 0.507. The molecular weight excluding hydrogens is 176 g/mol. The van der Waals surface area contributed by atoms with Crippen LogP contribution in [0.2, 0.25) is 0 Å². The average Bonchev–Trinajstić information content (AvgIpc) is 2.28. The minimum Gasteiger partial charge on any atom is -0.179 e. The summed E-state index contributed by atoms with van der Waals surface area (Å²) >= 11 is 4.27. The highest BCUT2D eigenvalue weighted by atomic mass is 32.1. The molecule has 0 aromatic heterocycles. The highest BCUT2D eigenvalue weighted by Gasteiger charge is 2.43. The highest BCUT2D eigenvalue weighted by Crippen LogP contribution is 2.54. The van der Waals surface area contributed by atoms with Gasteiger partial charge < -0.3 is 0 Å². The minimum absolute atomic E-state index is 0.573. The molecule has 1 aliphatic rings. The van der Waals surface area contributed by atoms with Gasteiger partial charge in [0.2, 0.25) is 0 Å². The molecule has 1 rings (SSSR count). The van der Waals surface area contributed by atoms with E-state index in [1.165, 1.54) is 38.5 Å². The molecule has 0 spiro atoms. The number of rotatable bonds is 4. The Hall–Kier alpha value is 0.350. The van der Waals surface area contributed by atoms with E-state index in [2.05, 4.69) is 33.4 Å². The molecule has 1 heteroatoms. The first-order valence-electron chi connectivity index (χ1n) is 5.63. The van der Waals surface area contributed by atoms with Crippen molar-refractivity contribution >= 4 is 12.6 Å². The number of unbranched alkanes of at least 4 members (excludes halogenated alkanes) is 1. The van der Waals surface area contributed by atoms with Gasteiger partial charge in [-0.2, -0.15) is 12.6 Å². The van der Waals surface area contributed by atoms with E-state index in [4.69, 9.17) is 0 Å². The van der Waals surface area contributed by atoms with Gasteiger partial charge in [-0.3, -0.25) is 0 Å². The van der Waals surface area contributed by atoms with Crippen LogP contribution in [0.5, 0.6) is 0 Å². The smallest absolute Gasteiger partial charge is 0.00979 e. The largest absolute Gasteiger partial charge is 0.179 e. The zero-order valence-electron chi connectivity index (χ0n) is 9.40. The molecule has 0 nitrogen and oxygen atoms in total. The van der Waals surface area contributed by atoms with Crippen molar-refractivity contribution in [3.05, 3.63) is 0 Å². The van der Waals surface area contributed by atoms with Gasteiger partial charge in [0.15, 0.2) is 0 Å². The lowest BCUT2D eigenvalue weighted by atomic mass is 9.67. The van der Waals surface area contributed by atoms with Crippen LogP contribution in [-0.2, 0) is 0 Å². The molecule has 0 aromatic carbocycles. The monoisotopic (exact) mass is 200 g/mol. The Morgan fingerprint density at radius 1 is 1.08 bits per heavy atom. The fourth-order valence-corrected chi connectivity index (χ4v) is 2.87. The van der Waals surface area contributed by atoms with E-state index in [1.54, 1.807) is 0 Å². The molecule has 1 atom stereocenters. The molecule has 0 aliphatic heterocycles. The van der Waals surface area contributed by atoms with Gasteiger partial charge in [0.1, 0.15) is 0 Å². The number of hydrogen-bond acceptors (Lipinski definition) is 1. The number of thiol groups is 1. The topological polar surface area (TPSA) is 0 Å². The lowest BCUT2D eigenvalue weighted by molar-refractivity contribution is 0.116. The van der Waals surface area contributed by atoms with Gasteiger partial charge in [-0.1, -0.05) is 33.6 Å². The second-order valence-electron chi connectivity index (χ2n) is 5.48. The molecule has 0 bridgehead atoms. The third-order valence-electron chi connectivity index (χ3n) is 4.30. The first-order valence-corrected chi connectivity index (χ1v) is 6.26. The first-order chi connectivity index (χ1) is 6.02. The van der Waals surface area contributed by atoms with Gasteiger partial charge in [0, 0.05) is 0 Å². The first kappa shape index (κ1) is 11.4. The molecule has 0 amide bonds. The molecule has 1 aliphatic carbocycles. The maximum atomic E-state index is 4.27. The summed E-state index contributed by atoms with van der Waals surface area (Å²) in [7, 11) is 0. The van der Waals surface area contributed by atoms with E-state index in [0.717, 1.165) is 5.75 Å². The van der Waals surface area contributed by atoms with Crippen LogP contribution in [-0.4, -0.2) is 5.75 Å². The molecule has 0 unspecified atom stereocenters. The summed E-state index contributed by atoms with van der Waals surface area (Å²) in [6.45, 7) is 7.37. The Bertz CT molecular complexity index is 163. The van der Waals surface area contributed by atoms with Gasteiger partial charge in [-0.15, -0.1) is 0 Å². The molecule has 0 aromatic rings. The zero-order chi connectivity index (χ0) is 9.95.